The van der Waals surface area contributed by atoms with E-state index in [1.165, 1.54) is 18.3 Å². The molecule has 3 aromatic heterocycles. The quantitative estimate of drug-likeness (QED) is 0.408. The average Bonchev–Trinajstić information content (AvgIpc) is 3.05. The van der Waals surface area contributed by atoms with Gasteiger partial charge in [0.05, 0.1) is 15.2 Å². The molecule has 1 aromatic carbocycles. The van der Waals surface area contributed by atoms with Crippen LogP contribution in [0.4, 0.5) is 19.0 Å². The largest absolute Gasteiger partial charge is 0.433 e. The van der Waals surface area contributed by atoms with Gasteiger partial charge in [0, 0.05) is 11.8 Å². The summed E-state index contributed by atoms with van der Waals surface area (Å²) in [6.07, 6.45) is -3.40. The molecule has 0 radical (unpaired) electrons. The summed E-state index contributed by atoms with van der Waals surface area (Å²) in [5, 5.41) is 6.69. The van der Waals surface area contributed by atoms with Gasteiger partial charge in [-0.1, -0.05) is 41.9 Å². The van der Waals surface area contributed by atoms with E-state index in [1.54, 1.807) is 30.3 Å². The lowest BCUT2D eigenvalue weighted by molar-refractivity contribution is -0.142. The van der Waals surface area contributed by atoms with Crippen LogP contribution in [0.15, 0.2) is 59.2 Å². The Labute approximate surface area is 180 Å². The number of aromatic nitrogens is 4. The molecule has 0 aliphatic rings. The number of anilines is 1. The van der Waals surface area contributed by atoms with Crippen LogP contribution in [0.5, 0.6) is 0 Å². The lowest BCUT2D eigenvalue weighted by Gasteiger charge is -2.11. The van der Waals surface area contributed by atoms with Crippen LogP contribution in [0, 0.1) is 0 Å². The Morgan fingerprint density at radius 3 is 2.50 bits per heavy atom. The van der Waals surface area contributed by atoms with Crippen molar-refractivity contribution in [3.8, 4) is 11.3 Å². The Morgan fingerprint density at radius 1 is 1.13 bits per heavy atom. The van der Waals surface area contributed by atoms with Gasteiger partial charge in [0.1, 0.15) is 5.82 Å². The number of hydrogen-bond donors (Lipinski definition) is 1. The number of amides is 1. The molecule has 1 amide bonds. The molecule has 0 aliphatic carbocycles. The van der Waals surface area contributed by atoms with Crippen LogP contribution in [0.1, 0.15) is 16.2 Å². The molecule has 0 aliphatic heterocycles. The fraction of sp³-hybridized carbons (Fsp3) is 0.0526. The molecular formula is C19H10BrClF3N5O. The van der Waals surface area contributed by atoms with Crippen molar-refractivity contribution in [2.75, 3.05) is 5.32 Å². The van der Waals surface area contributed by atoms with Crippen molar-refractivity contribution in [2.45, 2.75) is 6.18 Å². The van der Waals surface area contributed by atoms with Crippen LogP contribution >= 0.6 is 27.5 Å². The lowest BCUT2D eigenvalue weighted by atomic mass is 10.1. The number of alkyl halides is 3. The third-order valence-corrected chi connectivity index (χ3v) is 5.03. The van der Waals surface area contributed by atoms with Crippen LogP contribution in [-0.2, 0) is 6.18 Å². The Kier molecular flexibility index (Phi) is 5.20. The number of carbonyl (C=O) groups excluding carboxylic acids is 1. The zero-order chi connectivity index (χ0) is 21.5. The normalized spacial score (nSPS) is 11.6. The molecule has 0 saturated carbocycles. The average molecular weight is 497 g/mol. The zero-order valence-corrected chi connectivity index (χ0v) is 17.1. The van der Waals surface area contributed by atoms with E-state index in [0.29, 0.717) is 15.1 Å². The maximum absolute atomic E-state index is 13.7. The second-order valence-electron chi connectivity index (χ2n) is 6.10. The highest BCUT2D eigenvalue weighted by Crippen LogP contribution is 2.34. The molecule has 0 spiro atoms. The van der Waals surface area contributed by atoms with Crippen molar-refractivity contribution in [1.82, 2.24) is 19.6 Å². The topological polar surface area (TPSA) is 72.2 Å². The highest BCUT2D eigenvalue weighted by atomic mass is 79.9. The van der Waals surface area contributed by atoms with Crippen LogP contribution in [0.3, 0.4) is 0 Å². The number of hydrogen-bond acceptors (Lipinski definition) is 4. The van der Waals surface area contributed by atoms with Crippen molar-refractivity contribution < 1.29 is 18.0 Å². The SMILES string of the molecule is O=C(Nc1ccc(Cl)cn1)c1nn2c(C(F)(F)F)cc(-c3ccccc3)nc2c1Br. The van der Waals surface area contributed by atoms with Crippen molar-refractivity contribution >= 4 is 44.9 Å². The molecule has 3 heterocycles. The number of nitrogens with one attached hydrogen (secondary N) is 1. The summed E-state index contributed by atoms with van der Waals surface area (Å²) in [4.78, 5) is 20.8. The predicted molar refractivity (Wildman–Crippen MR) is 108 cm³/mol. The van der Waals surface area contributed by atoms with E-state index >= 15 is 0 Å². The Morgan fingerprint density at radius 2 is 1.87 bits per heavy atom. The van der Waals surface area contributed by atoms with Gasteiger partial charge in [-0.3, -0.25) is 4.79 Å². The number of pyridine rings is 1. The first-order valence-corrected chi connectivity index (χ1v) is 9.56. The first-order chi connectivity index (χ1) is 14.2. The third-order valence-electron chi connectivity index (χ3n) is 4.08. The Balaban J connectivity index is 1.84. The van der Waals surface area contributed by atoms with Gasteiger partial charge in [-0.2, -0.15) is 18.3 Å². The van der Waals surface area contributed by atoms with Gasteiger partial charge < -0.3 is 5.32 Å². The minimum Gasteiger partial charge on any atom is -0.305 e. The lowest BCUT2D eigenvalue weighted by Crippen LogP contribution is -2.16. The van der Waals surface area contributed by atoms with E-state index in [-0.39, 0.29) is 27.3 Å². The molecule has 11 heteroatoms. The third kappa shape index (κ3) is 3.88. The number of halogens is 5. The molecule has 0 fully saturated rings. The second kappa shape index (κ2) is 7.69. The number of rotatable bonds is 3. The highest BCUT2D eigenvalue weighted by Gasteiger charge is 2.36. The summed E-state index contributed by atoms with van der Waals surface area (Å²) in [6, 6.07) is 12.3. The van der Waals surface area contributed by atoms with Gasteiger partial charge >= 0.3 is 6.18 Å². The minimum absolute atomic E-state index is 0.0252. The molecule has 0 unspecified atom stereocenters. The molecule has 1 N–H and O–H groups in total. The van der Waals surface area contributed by atoms with Crippen molar-refractivity contribution in [3.63, 3.8) is 0 Å². The molecule has 4 rings (SSSR count). The molecule has 4 aromatic rings. The van der Waals surface area contributed by atoms with E-state index in [1.807, 2.05) is 0 Å². The summed E-state index contributed by atoms with van der Waals surface area (Å²) in [7, 11) is 0. The van der Waals surface area contributed by atoms with Crippen molar-refractivity contribution in [2.24, 2.45) is 0 Å². The molecule has 152 valence electrons. The first kappa shape index (κ1) is 20.3. The molecule has 0 saturated heterocycles. The van der Waals surface area contributed by atoms with Crippen LogP contribution < -0.4 is 5.32 Å². The van der Waals surface area contributed by atoms with Gasteiger partial charge in [0.25, 0.3) is 5.91 Å². The monoisotopic (exact) mass is 495 g/mol. The zero-order valence-electron chi connectivity index (χ0n) is 14.8. The molecule has 0 bridgehead atoms. The van der Waals surface area contributed by atoms with E-state index in [2.05, 4.69) is 36.3 Å². The molecular weight excluding hydrogens is 487 g/mol. The second-order valence-corrected chi connectivity index (χ2v) is 7.33. The van der Waals surface area contributed by atoms with Crippen LogP contribution in [0.2, 0.25) is 5.02 Å². The highest BCUT2D eigenvalue weighted by molar-refractivity contribution is 9.10. The number of carbonyl (C=O) groups is 1. The van der Waals surface area contributed by atoms with E-state index < -0.39 is 17.8 Å². The summed E-state index contributed by atoms with van der Waals surface area (Å²) >= 11 is 8.93. The van der Waals surface area contributed by atoms with E-state index in [9.17, 15) is 18.0 Å². The van der Waals surface area contributed by atoms with Crippen LogP contribution in [0.25, 0.3) is 16.9 Å². The van der Waals surface area contributed by atoms with E-state index in [4.69, 9.17) is 11.6 Å². The molecule has 6 nitrogen and oxygen atoms in total. The van der Waals surface area contributed by atoms with Gasteiger partial charge in [-0.25, -0.2) is 14.5 Å². The van der Waals surface area contributed by atoms with Crippen molar-refractivity contribution in [3.05, 3.63) is 75.6 Å². The fourth-order valence-electron chi connectivity index (χ4n) is 2.72. The van der Waals surface area contributed by atoms with Gasteiger partial charge in [0.15, 0.2) is 17.0 Å². The van der Waals surface area contributed by atoms with Crippen molar-refractivity contribution in [1.29, 1.82) is 0 Å². The Bertz CT molecular complexity index is 1240. The van der Waals surface area contributed by atoms with Gasteiger partial charge in [-0.05, 0) is 34.1 Å². The van der Waals surface area contributed by atoms with Gasteiger partial charge in [-0.15, -0.1) is 0 Å². The Hall–Kier alpha value is -2.98. The molecule has 0 atom stereocenters. The standard InChI is InChI=1S/C19H10BrClF3N5O/c20-15-16(18(30)27-14-7-6-11(21)9-25-14)28-29-13(19(22,23)24)8-12(26-17(15)29)10-4-2-1-3-5-10/h1-9H,(H,25,27,30). The summed E-state index contributed by atoms with van der Waals surface area (Å²) in [5.74, 6) is -0.584. The first-order valence-electron chi connectivity index (χ1n) is 8.39. The predicted octanol–water partition coefficient (Wildman–Crippen LogP) is 5.48. The summed E-state index contributed by atoms with van der Waals surface area (Å²) < 4.78 is 41.8. The maximum Gasteiger partial charge on any atom is 0.433 e. The van der Waals surface area contributed by atoms with Crippen LogP contribution in [-0.4, -0.2) is 25.5 Å². The maximum atomic E-state index is 13.7. The number of nitrogens with zero attached hydrogens (tertiary/aromatic N) is 4. The summed E-state index contributed by atoms with van der Waals surface area (Å²) in [5.41, 5.74) is -0.874. The smallest absolute Gasteiger partial charge is 0.305 e. The summed E-state index contributed by atoms with van der Waals surface area (Å²) in [6.45, 7) is 0. The number of benzene rings is 1. The van der Waals surface area contributed by atoms with E-state index in [0.717, 1.165) is 6.07 Å². The fourth-order valence-corrected chi connectivity index (χ4v) is 3.35. The molecule has 30 heavy (non-hydrogen) atoms. The van der Waals surface area contributed by atoms with Gasteiger partial charge in [0.2, 0.25) is 0 Å². The minimum atomic E-state index is -4.72. The number of fused-ring (bicyclic) bond motifs is 1.